The van der Waals surface area contributed by atoms with Crippen LogP contribution < -0.4 is 11.3 Å². The van der Waals surface area contributed by atoms with Gasteiger partial charge in [0.05, 0.1) is 22.2 Å². The summed E-state index contributed by atoms with van der Waals surface area (Å²) in [5.74, 6) is -0.694. The van der Waals surface area contributed by atoms with Gasteiger partial charge in [-0.25, -0.2) is 5.10 Å². The third-order valence-corrected chi connectivity index (χ3v) is 4.09. The smallest absolute Gasteiger partial charge is 0.272 e. The highest BCUT2D eigenvalue weighted by atomic mass is 16.1. The lowest BCUT2D eigenvalue weighted by Crippen LogP contribution is -2.19. The summed E-state index contributed by atoms with van der Waals surface area (Å²) in [4.78, 5) is 28.2. The predicted octanol–water partition coefficient (Wildman–Crippen LogP) is 1.96. The second-order valence-corrected chi connectivity index (χ2v) is 5.72. The van der Waals surface area contributed by atoms with Crippen molar-refractivity contribution in [2.75, 3.05) is 0 Å². The van der Waals surface area contributed by atoms with Crippen molar-refractivity contribution in [3.63, 3.8) is 0 Å². The largest absolute Gasteiger partial charge is 0.366 e. The van der Waals surface area contributed by atoms with Gasteiger partial charge >= 0.3 is 0 Å². The van der Waals surface area contributed by atoms with Gasteiger partial charge in [-0.3, -0.25) is 14.6 Å². The van der Waals surface area contributed by atoms with Crippen LogP contribution in [0.25, 0.3) is 21.7 Å². The first-order chi connectivity index (χ1) is 12.1. The number of nitrogens with zero attached hydrogens (tertiary/aromatic N) is 2. The Morgan fingerprint density at radius 1 is 1.24 bits per heavy atom. The molecule has 0 aliphatic heterocycles. The van der Waals surface area contributed by atoms with Crippen LogP contribution in [0.1, 0.15) is 21.6 Å². The molecule has 0 aliphatic rings. The maximum absolute atomic E-state index is 12.1. The van der Waals surface area contributed by atoms with Gasteiger partial charge in [0.2, 0.25) is 5.91 Å². The molecule has 0 saturated heterocycles. The van der Waals surface area contributed by atoms with Crippen LogP contribution in [0, 0.1) is 6.07 Å². The molecule has 0 aliphatic carbocycles. The molecule has 2 heterocycles. The third kappa shape index (κ3) is 2.63. The maximum atomic E-state index is 12.1. The number of carbonyl (C=O) groups excluding carboxylic acids is 1. The molecular weight excluding hydrogens is 316 g/mol. The van der Waals surface area contributed by atoms with Gasteiger partial charge < -0.3 is 5.73 Å². The van der Waals surface area contributed by atoms with Crippen LogP contribution in [0.5, 0.6) is 0 Å². The maximum Gasteiger partial charge on any atom is 0.272 e. The number of carbonyl (C=O) groups is 1. The summed E-state index contributed by atoms with van der Waals surface area (Å²) in [5, 5.41) is 8.42. The Balaban J connectivity index is 1.86. The van der Waals surface area contributed by atoms with Crippen LogP contribution in [0.3, 0.4) is 0 Å². The molecule has 0 fully saturated rings. The molecule has 0 bridgehead atoms. The number of fused-ring (bicyclic) bond motifs is 2. The zero-order chi connectivity index (χ0) is 17.4. The van der Waals surface area contributed by atoms with E-state index in [9.17, 15) is 9.59 Å². The molecule has 1 amide bonds. The lowest BCUT2D eigenvalue weighted by Gasteiger charge is -2.08. The van der Waals surface area contributed by atoms with Crippen molar-refractivity contribution in [2.24, 2.45) is 5.73 Å². The van der Waals surface area contributed by atoms with Crippen LogP contribution in [0.2, 0.25) is 0 Å². The minimum atomic E-state index is -0.694. The number of para-hydroxylation sites is 1. The van der Waals surface area contributed by atoms with Crippen molar-refractivity contribution in [1.82, 2.24) is 15.2 Å². The van der Waals surface area contributed by atoms with Crippen LogP contribution in [0.15, 0.2) is 53.5 Å². The third-order valence-electron chi connectivity index (χ3n) is 4.09. The van der Waals surface area contributed by atoms with Gasteiger partial charge in [-0.1, -0.05) is 30.3 Å². The number of H-pyrrole nitrogens is 1. The topological polar surface area (TPSA) is 102 Å². The number of hydrogen-bond acceptors (Lipinski definition) is 4. The summed E-state index contributed by atoms with van der Waals surface area (Å²) >= 11 is 0. The lowest BCUT2D eigenvalue weighted by atomic mass is 10.0. The van der Waals surface area contributed by atoms with Gasteiger partial charge in [0.25, 0.3) is 5.56 Å². The summed E-state index contributed by atoms with van der Waals surface area (Å²) < 4.78 is 0. The highest BCUT2D eigenvalue weighted by Gasteiger charge is 2.14. The number of primary amides is 1. The molecule has 0 saturated carbocycles. The average molecular weight is 329 g/mol. The normalized spacial score (nSPS) is 11.0. The van der Waals surface area contributed by atoms with Gasteiger partial charge in [0.15, 0.2) is 0 Å². The van der Waals surface area contributed by atoms with Crippen molar-refractivity contribution in [3.05, 3.63) is 81.9 Å². The van der Waals surface area contributed by atoms with Crippen LogP contribution in [0.4, 0.5) is 0 Å². The van der Waals surface area contributed by atoms with Crippen molar-refractivity contribution in [3.8, 4) is 0 Å². The van der Waals surface area contributed by atoms with E-state index in [1.54, 1.807) is 18.3 Å². The van der Waals surface area contributed by atoms with Gasteiger partial charge in [-0.15, -0.1) is 0 Å². The Morgan fingerprint density at radius 3 is 2.92 bits per heavy atom. The van der Waals surface area contributed by atoms with E-state index in [1.165, 1.54) is 0 Å². The molecule has 6 heteroatoms. The fraction of sp³-hybridized carbons (Fsp3) is 0.0526. The number of nitrogens with one attached hydrogen (secondary N) is 1. The summed E-state index contributed by atoms with van der Waals surface area (Å²) in [6, 6.07) is 15.9. The Morgan fingerprint density at radius 2 is 2.08 bits per heavy atom. The minimum absolute atomic E-state index is 0.0686. The summed E-state index contributed by atoms with van der Waals surface area (Å²) in [5.41, 5.74) is 7.48. The highest BCUT2D eigenvalue weighted by molar-refractivity contribution is 6.06. The van der Waals surface area contributed by atoms with Gasteiger partial charge in [-0.05, 0) is 23.8 Å². The SMILES string of the molecule is NC(=O)c1[c]ccc2c(Cc3cnc4ccccc4c3)n[nH]c(=O)c12. The number of pyridine rings is 1. The average Bonchev–Trinajstić information content (AvgIpc) is 2.63. The monoisotopic (exact) mass is 329 g/mol. The number of amides is 1. The van der Waals surface area contributed by atoms with E-state index < -0.39 is 11.5 Å². The summed E-state index contributed by atoms with van der Waals surface area (Å²) in [7, 11) is 0. The Hall–Kier alpha value is -3.54. The molecule has 2 aromatic carbocycles. The predicted molar refractivity (Wildman–Crippen MR) is 94.3 cm³/mol. The van der Waals surface area contributed by atoms with Gasteiger partial charge in [0, 0.05) is 23.4 Å². The van der Waals surface area contributed by atoms with E-state index >= 15 is 0 Å². The van der Waals surface area contributed by atoms with Crippen molar-refractivity contribution in [2.45, 2.75) is 6.42 Å². The van der Waals surface area contributed by atoms with E-state index in [0.29, 0.717) is 17.5 Å². The van der Waals surface area contributed by atoms with Crippen molar-refractivity contribution < 1.29 is 4.79 Å². The first-order valence-electron chi connectivity index (χ1n) is 7.69. The van der Waals surface area contributed by atoms with Crippen molar-refractivity contribution in [1.29, 1.82) is 0 Å². The zero-order valence-electron chi connectivity index (χ0n) is 13.1. The molecule has 121 valence electrons. The second kappa shape index (κ2) is 5.83. The fourth-order valence-corrected chi connectivity index (χ4v) is 2.94. The van der Waals surface area contributed by atoms with Gasteiger partial charge in [-0.2, -0.15) is 5.10 Å². The number of aromatic nitrogens is 3. The molecule has 25 heavy (non-hydrogen) atoms. The number of rotatable bonds is 3. The Bertz CT molecular complexity index is 1180. The van der Waals surface area contributed by atoms with Crippen molar-refractivity contribution >= 4 is 27.6 Å². The molecule has 4 aromatic rings. The quantitative estimate of drug-likeness (QED) is 0.600. The number of hydrogen-bond donors (Lipinski definition) is 2. The van der Waals surface area contributed by atoms with Crippen LogP contribution >= 0.6 is 0 Å². The zero-order valence-corrected chi connectivity index (χ0v) is 13.1. The first-order valence-corrected chi connectivity index (χ1v) is 7.69. The van der Waals surface area contributed by atoms with E-state index in [2.05, 4.69) is 21.2 Å². The van der Waals surface area contributed by atoms with E-state index in [1.807, 2.05) is 30.3 Å². The minimum Gasteiger partial charge on any atom is -0.366 e. The van der Waals surface area contributed by atoms with E-state index in [-0.39, 0.29) is 10.9 Å². The molecule has 0 unspecified atom stereocenters. The molecular formula is C19H13N4O2. The van der Waals surface area contributed by atoms with E-state index in [0.717, 1.165) is 16.5 Å². The van der Waals surface area contributed by atoms with Crippen LogP contribution in [-0.4, -0.2) is 21.1 Å². The molecule has 1 radical (unpaired) electrons. The second-order valence-electron chi connectivity index (χ2n) is 5.72. The highest BCUT2D eigenvalue weighted by Crippen LogP contribution is 2.20. The number of aromatic amines is 1. The summed E-state index contributed by atoms with van der Waals surface area (Å²) in [6.45, 7) is 0. The Kier molecular flexibility index (Phi) is 3.50. The van der Waals surface area contributed by atoms with E-state index in [4.69, 9.17) is 5.73 Å². The number of nitrogens with two attached hydrogens (primary N) is 1. The molecule has 2 aromatic heterocycles. The summed E-state index contributed by atoms with van der Waals surface area (Å²) in [6.07, 6.45) is 2.25. The molecule has 4 rings (SSSR count). The standard InChI is InChI=1S/C19H13N4O2/c20-18(24)14-6-3-5-13-16(22-23-19(25)17(13)14)9-11-8-12-4-1-2-7-15(12)21-10-11/h1-5,7-8,10H,9H2,(H2,20,24)(H,23,25). The molecule has 0 atom stereocenters. The molecule has 6 nitrogen and oxygen atoms in total. The fourth-order valence-electron chi connectivity index (χ4n) is 2.94. The Labute approximate surface area is 142 Å². The molecule has 3 N–H and O–H groups in total. The number of benzene rings is 2. The lowest BCUT2D eigenvalue weighted by molar-refractivity contribution is 0.100. The van der Waals surface area contributed by atoms with Crippen LogP contribution in [-0.2, 0) is 6.42 Å². The first kappa shape index (κ1) is 15.0. The van der Waals surface area contributed by atoms with Gasteiger partial charge in [0.1, 0.15) is 0 Å². The molecule has 0 spiro atoms.